The van der Waals surface area contributed by atoms with E-state index in [1.54, 1.807) is 0 Å². The van der Waals surface area contributed by atoms with E-state index in [-0.39, 0.29) is 24.1 Å². The SMILES string of the molecule is NC(=O)C1(N2CCCCC2)CCN([C@H]2CC(=O)N(c3ccc(I)cc3)C2=O)CC1. The lowest BCUT2D eigenvalue weighted by Crippen LogP contribution is -2.64. The monoisotopic (exact) mass is 510 g/mol. The predicted molar refractivity (Wildman–Crippen MR) is 118 cm³/mol. The van der Waals surface area contributed by atoms with Crippen LogP contribution in [0.15, 0.2) is 24.3 Å². The van der Waals surface area contributed by atoms with Gasteiger partial charge < -0.3 is 5.73 Å². The maximum absolute atomic E-state index is 13.1. The van der Waals surface area contributed by atoms with E-state index in [0.29, 0.717) is 31.6 Å². The number of hydrogen-bond acceptors (Lipinski definition) is 5. The third-order valence-electron chi connectivity index (χ3n) is 6.69. The highest BCUT2D eigenvalue weighted by Gasteiger charge is 2.49. The average Bonchev–Trinajstić information content (AvgIpc) is 3.03. The smallest absolute Gasteiger partial charge is 0.251 e. The van der Waals surface area contributed by atoms with E-state index in [0.717, 1.165) is 29.5 Å². The Hall–Kier alpha value is -1.52. The van der Waals surface area contributed by atoms with Gasteiger partial charge in [0.1, 0.15) is 5.54 Å². The molecule has 3 aliphatic rings. The lowest BCUT2D eigenvalue weighted by molar-refractivity contribution is -0.136. The molecule has 3 heterocycles. The van der Waals surface area contributed by atoms with Crippen LogP contribution in [0.1, 0.15) is 38.5 Å². The maximum Gasteiger partial charge on any atom is 0.251 e. The molecule has 3 aliphatic heterocycles. The first-order valence-corrected chi connectivity index (χ1v) is 11.4. The molecule has 2 N–H and O–H groups in total. The molecule has 0 unspecified atom stereocenters. The Kier molecular flexibility index (Phi) is 5.94. The fourth-order valence-corrected chi connectivity index (χ4v) is 5.37. The number of nitrogens with two attached hydrogens (primary N) is 1. The first-order valence-electron chi connectivity index (χ1n) is 10.3. The van der Waals surface area contributed by atoms with Gasteiger partial charge in [-0.2, -0.15) is 0 Å². The van der Waals surface area contributed by atoms with Crippen molar-refractivity contribution in [3.05, 3.63) is 27.8 Å². The molecule has 4 rings (SSSR count). The molecule has 0 aliphatic carbocycles. The zero-order valence-corrected chi connectivity index (χ0v) is 18.6. The lowest BCUT2D eigenvalue weighted by Gasteiger charge is -2.48. The van der Waals surface area contributed by atoms with E-state index >= 15 is 0 Å². The highest BCUT2D eigenvalue weighted by molar-refractivity contribution is 14.1. The van der Waals surface area contributed by atoms with E-state index in [9.17, 15) is 14.4 Å². The van der Waals surface area contributed by atoms with Gasteiger partial charge in [0, 0.05) is 16.7 Å². The molecule has 3 saturated heterocycles. The second kappa shape index (κ2) is 8.31. The summed E-state index contributed by atoms with van der Waals surface area (Å²) in [7, 11) is 0. The molecular weight excluding hydrogens is 483 g/mol. The molecule has 0 aromatic heterocycles. The fourth-order valence-electron chi connectivity index (χ4n) is 5.01. The summed E-state index contributed by atoms with van der Waals surface area (Å²) in [6.07, 6.45) is 4.81. The average molecular weight is 510 g/mol. The molecule has 3 fully saturated rings. The van der Waals surface area contributed by atoms with Gasteiger partial charge in [-0.25, -0.2) is 4.90 Å². The van der Waals surface area contributed by atoms with Crippen molar-refractivity contribution in [2.24, 2.45) is 5.73 Å². The molecule has 29 heavy (non-hydrogen) atoms. The molecule has 0 saturated carbocycles. The first kappa shape index (κ1) is 20.7. The summed E-state index contributed by atoms with van der Waals surface area (Å²) in [5.74, 6) is -0.585. The van der Waals surface area contributed by atoms with Gasteiger partial charge in [0.05, 0.1) is 18.2 Å². The molecule has 0 spiro atoms. The molecule has 0 radical (unpaired) electrons. The fraction of sp³-hybridized carbons (Fsp3) is 0.571. The highest BCUT2D eigenvalue weighted by Crippen LogP contribution is 2.34. The van der Waals surface area contributed by atoms with Gasteiger partial charge in [0.25, 0.3) is 5.91 Å². The summed E-state index contributed by atoms with van der Waals surface area (Å²) in [4.78, 5) is 43.7. The number of rotatable bonds is 4. The van der Waals surface area contributed by atoms with E-state index in [1.807, 2.05) is 24.3 Å². The topological polar surface area (TPSA) is 87.0 Å². The number of carbonyl (C=O) groups is 3. The number of halogens is 1. The second-order valence-electron chi connectivity index (χ2n) is 8.24. The molecule has 8 heteroatoms. The van der Waals surface area contributed by atoms with Gasteiger partial charge in [0.2, 0.25) is 11.8 Å². The van der Waals surface area contributed by atoms with Gasteiger partial charge in [0.15, 0.2) is 0 Å². The minimum Gasteiger partial charge on any atom is -0.368 e. The van der Waals surface area contributed by atoms with Crippen LogP contribution in [0.25, 0.3) is 0 Å². The number of amides is 3. The molecule has 1 aromatic carbocycles. The quantitative estimate of drug-likeness (QED) is 0.493. The normalized spacial score (nSPS) is 26.1. The third-order valence-corrected chi connectivity index (χ3v) is 7.41. The van der Waals surface area contributed by atoms with Crippen molar-refractivity contribution in [3.63, 3.8) is 0 Å². The molecule has 1 aromatic rings. The number of benzene rings is 1. The van der Waals surface area contributed by atoms with Crippen LogP contribution in [0.3, 0.4) is 0 Å². The Labute approximate surface area is 184 Å². The van der Waals surface area contributed by atoms with Crippen molar-refractivity contribution in [1.82, 2.24) is 9.80 Å². The van der Waals surface area contributed by atoms with E-state index < -0.39 is 11.6 Å². The predicted octanol–water partition coefficient (Wildman–Crippen LogP) is 1.73. The van der Waals surface area contributed by atoms with Crippen LogP contribution in [0, 0.1) is 3.57 Å². The number of hydrogen-bond donors (Lipinski definition) is 1. The van der Waals surface area contributed by atoms with Crippen LogP contribution in [0.2, 0.25) is 0 Å². The van der Waals surface area contributed by atoms with Crippen molar-refractivity contribution < 1.29 is 14.4 Å². The maximum atomic E-state index is 13.1. The van der Waals surface area contributed by atoms with Crippen molar-refractivity contribution >= 4 is 46.0 Å². The summed E-state index contributed by atoms with van der Waals surface area (Å²) in [5.41, 5.74) is 5.87. The van der Waals surface area contributed by atoms with E-state index in [2.05, 4.69) is 32.4 Å². The Morgan fingerprint density at radius 1 is 1.00 bits per heavy atom. The van der Waals surface area contributed by atoms with Gasteiger partial charge >= 0.3 is 0 Å². The molecular formula is C21H27IN4O3. The Morgan fingerprint density at radius 3 is 2.21 bits per heavy atom. The Bertz CT molecular complexity index is 799. The Morgan fingerprint density at radius 2 is 1.62 bits per heavy atom. The van der Waals surface area contributed by atoms with Gasteiger partial charge in [-0.1, -0.05) is 6.42 Å². The summed E-state index contributed by atoms with van der Waals surface area (Å²) >= 11 is 2.20. The number of nitrogens with zero attached hydrogens (tertiary/aromatic N) is 3. The number of anilines is 1. The third kappa shape index (κ3) is 3.82. The van der Waals surface area contributed by atoms with Crippen LogP contribution in [0.4, 0.5) is 5.69 Å². The van der Waals surface area contributed by atoms with Gasteiger partial charge in [-0.05, 0) is 85.6 Å². The summed E-state index contributed by atoms with van der Waals surface area (Å²) in [5, 5.41) is 0. The standard InChI is InChI=1S/C21H27IN4O3/c22-15-4-6-16(7-5-15)26-18(27)14-17(19(26)28)24-12-8-21(9-13-24,20(23)29)25-10-2-1-3-11-25/h4-7,17H,1-3,8-14H2,(H2,23,29)/t17-/m0/s1. The molecule has 3 amide bonds. The number of imide groups is 1. The second-order valence-corrected chi connectivity index (χ2v) is 9.49. The minimum absolute atomic E-state index is 0.163. The minimum atomic E-state index is -0.613. The van der Waals surface area contributed by atoms with Gasteiger partial charge in [-0.3, -0.25) is 24.2 Å². The first-order chi connectivity index (χ1) is 13.9. The zero-order chi connectivity index (χ0) is 20.6. The van der Waals surface area contributed by atoms with E-state index in [4.69, 9.17) is 5.73 Å². The van der Waals surface area contributed by atoms with Crippen molar-refractivity contribution in [3.8, 4) is 0 Å². The summed E-state index contributed by atoms with van der Waals surface area (Å²) in [6, 6.07) is 6.96. The van der Waals surface area contributed by atoms with Crippen molar-refractivity contribution in [1.29, 1.82) is 0 Å². The molecule has 1 atom stereocenters. The summed E-state index contributed by atoms with van der Waals surface area (Å²) < 4.78 is 1.05. The van der Waals surface area contributed by atoms with E-state index in [1.165, 1.54) is 11.3 Å². The van der Waals surface area contributed by atoms with Crippen LogP contribution in [-0.2, 0) is 14.4 Å². The van der Waals surface area contributed by atoms with Crippen LogP contribution >= 0.6 is 22.6 Å². The Balaban J connectivity index is 1.47. The molecule has 7 nitrogen and oxygen atoms in total. The lowest BCUT2D eigenvalue weighted by atomic mass is 9.83. The number of likely N-dealkylation sites (tertiary alicyclic amines) is 2. The zero-order valence-electron chi connectivity index (χ0n) is 16.5. The number of primary amides is 1. The van der Waals surface area contributed by atoms with Crippen LogP contribution < -0.4 is 10.6 Å². The molecule has 156 valence electrons. The largest absolute Gasteiger partial charge is 0.368 e. The van der Waals surface area contributed by atoms with Crippen molar-refractivity contribution in [2.75, 3.05) is 31.1 Å². The number of carbonyl (C=O) groups excluding carboxylic acids is 3. The van der Waals surface area contributed by atoms with Crippen molar-refractivity contribution in [2.45, 2.75) is 50.1 Å². The number of piperidine rings is 2. The van der Waals surface area contributed by atoms with Crippen LogP contribution in [-0.4, -0.2) is 65.3 Å². The highest BCUT2D eigenvalue weighted by atomic mass is 127. The molecule has 0 bridgehead atoms. The van der Waals surface area contributed by atoms with Crippen LogP contribution in [0.5, 0.6) is 0 Å². The summed E-state index contributed by atoms with van der Waals surface area (Å²) in [6.45, 7) is 3.02. The van der Waals surface area contributed by atoms with Gasteiger partial charge in [-0.15, -0.1) is 0 Å².